The summed E-state index contributed by atoms with van der Waals surface area (Å²) < 4.78 is 5.32. The number of likely N-dealkylation sites (N-methyl/N-ethyl adjacent to an activating group) is 1. The number of rotatable bonds is 4. The van der Waals surface area contributed by atoms with E-state index in [0.29, 0.717) is 18.7 Å². The first-order chi connectivity index (χ1) is 16.6. The molecule has 0 radical (unpaired) electrons. The minimum atomic E-state index is -0.462. The number of ether oxygens (including phenoxy) is 1. The van der Waals surface area contributed by atoms with Crippen LogP contribution in [0.2, 0.25) is 0 Å². The van der Waals surface area contributed by atoms with Crippen LogP contribution in [0.25, 0.3) is 0 Å². The lowest BCUT2D eigenvalue weighted by Gasteiger charge is -2.43. The minimum Gasteiger partial charge on any atom is -0.497 e. The van der Waals surface area contributed by atoms with Gasteiger partial charge in [-0.05, 0) is 41.5 Å². The van der Waals surface area contributed by atoms with E-state index in [1.165, 1.54) is 5.69 Å². The average Bonchev–Trinajstić information content (AvgIpc) is 2.91. The van der Waals surface area contributed by atoms with E-state index in [4.69, 9.17) is 4.74 Å². The molecule has 174 valence electrons. The molecule has 5 rings (SSSR count). The summed E-state index contributed by atoms with van der Waals surface area (Å²) in [6.45, 7) is 2.87. The molecule has 34 heavy (non-hydrogen) atoms. The molecule has 2 amide bonds. The number of nitrogens with zero attached hydrogens (tertiary/aromatic N) is 3. The number of piperazine rings is 1. The van der Waals surface area contributed by atoms with E-state index in [-0.39, 0.29) is 17.9 Å². The van der Waals surface area contributed by atoms with Crippen LogP contribution in [0.4, 0.5) is 5.69 Å². The van der Waals surface area contributed by atoms with E-state index >= 15 is 0 Å². The van der Waals surface area contributed by atoms with Gasteiger partial charge in [0.1, 0.15) is 5.75 Å². The first-order valence-electron chi connectivity index (χ1n) is 11.7. The zero-order valence-corrected chi connectivity index (χ0v) is 19.6. The van der Waals surface area contributed by atoms with Gasteiger partial charge in [-0.25, -0.2) is 0 Å². The predicted octanol–water partition coefficient (Wildman–Crippen LogP) is 3.95. The van der Waals surface area contributed by atoms with Crippen LogP contribution < -0.4 is 9.64 Å². The van der Waals surface area contributed by atoms with Gasteiger partial charge in [0.25, 0.3) is 5.91 Å². The second kappa shape index (κ2) is 9.21. The number of fused-ring (bicyclic) bond motifs is 1. The number of carbonyl (C=O) groups is 2. The number of amides is 2. The van der Waals surface area contributed by atoms with Gasteiger partial charge < -0.3 is 19.4 Å². The third-order valence-corrected chi connectivity index (χ3v) is 7.02. The molecule has 2 aliphatic heterocycles. The van der Waals surface area contributed by atoms with Crippen molar-refractivity contribution in [2.24, 2.45) is 0 Å². The van der Waals surface area contributed by atoms with E-state index in [2.05, 4.69) is 17.0 Å². The van der Waals surface area contributed by atoms with E-state index in [9.17, 15) is 9.59 Å². The fourth-order valence-electron chi connectivity index (χ4n) is 5.18. The molecule has 0 unspecified atom stereocenters. The van der Waals surface area contributed by atoms with Crippen LogP contribution in [0.1, 0.15) is 33.4 Å². The Labute approximate surface area is 200 Å². The van der Waals surface area contributed by atoms with Crippen LogP contribution in [0, 0.1) is 0 Å². The summed E-state index contributed by atoms with van der Waals surface area (Å²) in [4.78, 5) is 33.3. The Balaban J connectivity index is 1.46. The number of methoxy groups -OCH3 is 1. The van der Waals surface area contributed by atoms with Gasteiger partial charge in [0, 0.05) is 44.5 Å². The highest BCUT2D eigenvalue weighted by atomic mass is 16.5. The lowest BCUT2D eigenvalue weighted by molar-refractivity contribution is -0.134. The second-order valence-electron chi connectivity index (χ2n) is 8.85. The summed E-state index contributed by atoms with van der Waals surface area (Å²) in [5, 5.41) is 0. The van der Waals surface area contributed by atoms with Gasteiger partial charge in [-0.15, -0.1) is 0 Å². The largest absolute Gasteiger partial charge is 0.497 e. The van der Waals surface area contributed by atoms with Crippen molar-refractivity contribution in [3.05, 3.63) is 95.6 Å². The molecule has 2 heterocycles. The van der Waals surface area contributed by atoms with Gasteiger partial charge in [-0.1, -0.05) is 48.5 Å². The van der Waals surface area contributed by atoms with Crippen LogP contribution in [0.5, 0.6) is 5.75 Å². The molecular weight excluding hydrogens is 426 g/mol. The lowest BCUT2D eigenvalue weighted by Crippen LogP contribution is -2.53. The highest BCUT2D eigenvalue weighted by Gasteiger charge is 2.44. The summed E-state index contributed by atoms with van der Waals surface area (Å²) in [7, 11) is 3.42. The van der Waals surface area contributed by atoms with Crippen molar-refractivity contribution < 1.29 is 14.3 Å². The third kappa shape index (κ3) is 3.89. The molecule has 3 aromatic carbocycles. The molecule has 2 aliphatic rings. The Hall–Kier alpha value is -3.80. The van der Waals surface area contributed by atoms with Crippen molar-refractivity contribution in [2.45, 2.75) is 12.0 Å². The van der Waals surface area contributed by atoms with E-state index in [1.807, 2.05) is 71.6 Å². The molecular formula is C28H29N3O3. The van der Waals surface area contributed by atoms with Crippen LogP contribution in [-0.4, -0.2) is 62.0 Å². The normalized spacial score (nSPS) is 20.2. The van der Waals surface area contributed by atoms with Gasteiger partial charge in [-0.3, -0.25) is 9.59 Å². The summed E-state index contributed by atoms with van der Waals surface area (Å²) in [5.74, 6) is 0.291. The van der Waals surface area contributed by atoms with Crippen molar-refractivity contribution in [3.63, 3.8) is 0 Å². The molecule has 3 aromatic rings. The number of anilines is 1. The van der Waals surface area contributed by atoms with Crippen molar-refractivity contribution in [2.75, 3.05) is 45.2 Å². The number of carbonyl (C=O) groups excluding carboxylic acids is 2. The maximum atomic E-state index is 14.1. The quantitative estimate of drug-likeness (QED) is 0.598. The number of hydrogen-bond donors (Lipinski definition) is 0. The van der Waals surface area contributed by atoms with E-state index < -0.39 is 5.92 Å². The molecule has 0 N–H and O–H groups in total. The molecule has 2 atom stereocenters. The fourth-order valence-corrected chi connectivity index (χ4v) is 5.18. The first kappa shape index (κ1) is 22.0. The summed E-state index contributed by atoms with van der Waals surface area (Å²) >= 11 is 0. The number of para-hydroxylation sites is 1. The Kier molecular flexibility index (Phi) is 5.97. The molecule has 1 fully saturated rings. The van der Waals surface area contributed by atoms with Gasteiger partial charge in [-0.2, -0.15) is 0 Å². The van der Waals surface area contributed by atoms with Crippen molar-refractivity contribution >= 4 is 17.5 Å². The van der Waals surface area contributed by atoms with Crippen LogP contribution >= 0.6 is 0 Å². The SMILES string of the molecule is COc1ccc([C@H]2[C@@H](C(=O)N3CCN(c4ccccc4)CC3)c3ccccc3C(=O)N2C)cc1. The third-order valence-electron chi connectivity index (χ3n) is 7.02. The summed E-state index contributed by atoms with van der Waals surface area (Å²) in [5.41, 5.74) is 3.52. The predicted molar refractivity (Wildman–Crippen MR) is 132 cm³/mol. The molecule has 6 nitrogen and oxygen atoms in total. The van der Waals surface area contributed by atoms with Crippen LogP contribution in [0.15, 0.2) is 78.9 Å². The van der Waals surface area contributed by atoms with Gasteiger partial charge in [0.05, 0.1) is 19.1 Å². The molecule has 0 bridgehead atoms. The van der Waals surface area contributed by atoms with Gasteiger partial charge in [0.15, 0.2) is 0 Å². The lowest BCUT2D eigenvalue weighted by atomic mass is 9.79. The summed E-state index contributed by atoms with van der Waals surface area (Å²) in [6, 6.07) is 25.1. The maximum absolute atomic E-state index is 14.1. The molecule has 6 heteroatoms. The van der Waals surface area contributed by atoms with Crippen molar-refractivity contribution in [3.8, 4) is 5.75 Å². The van der Waals surface area contributed by atoms with Crippen molar-refractivity contribution in [1.29, 1.82) is 0 Å². The fraction of sp³-hybridized carbons (Fsp3) is 0.286. The molecule has 0 spiro atoms. The topological polar surface area (TPSA) is 53.1 Å². The maximum Gasteiger partial charge on any atom is 0.254 e. The smallest absolute Gasteiger partial charge is 0.254 e. The zero-order valence-electron chi connectivity index (χ0n) is 19.6. The van der Waals surface area contributed by atoms with Crippen LogP contribution in [-0.2, 0) is 4.79 Å². The number of benzene rings is 3. The second-order valence-corrected chi connectivity index (χ2v) is 8.85. The van der Waals surface area contributed by atoms with E-state index in [1.54, 1.807) is 19.1 Å². The molecule has 0 aliphatic carbocycles. The Morgan fingerprint density at radius 2 is 1.50 bits per heavy atom. The Morgan fingerprint density at radius 3 is 2.18 bits per heavy atom. The minimum absolute atomic E-state index is 0.0608. The Morgan fingerprint density at radius 1 is 0.853 bits per heavy atom. The average molecular weight is 456 g/mol. The molecule has 0 aromatic heterocycles. The molecule has 0 saturated carbocycles. The van der Waals surface area contributed by atoms with Crippen LogP contribution in [0.3, 0.4) is 0 Å². The monoisotopic (exact) mass is 455 g/mol. The van der Waals surface area contributed by atoms with Crippen molar-refractivity contribution in [1.82, 2.24) is 9.80 Å². The zero-order chi connectivity index (χ0) is 23.7. The highest BCUT2D eigenvalue weighted by molar-refractivity contribution is 6.01. The standard InChI is InChI=1S/C28H29N3O3/c1-29-26(20-12-14-22(34-2)15-13-20)25(23-10-6-7-11-24(23)27(29)32)28(33)31-18-16-30(17-19-31)21-8-4-3-5-9-21/h3-15,25-26H,16-19H2,1-2H3/t25-,26-/m0/s1. The number of hydrogen-bond acceptors (Lipinski definition) is 4. The first-order valence-corrected chi connectivity index (χ1v) is 11.7. The van der Waals surface area contributed by atoms with Gasteiger partial charge >= 0.3 is 0 Å². The highest BCUT2D eigenvalue weighted by Crippen LogP contribution is 2.43. The van der Waals surface area contributed by atoms with Gasteiger partial charge in [0.2, 0.25) is 5.91 Å². The molecule has 1 saturated heterocycles. The Bertz CT molecular complexity index is 1170. The summed E-state index contributed by atoms with van der Waals surface area (Å²) in [6.07, 6.45) is 0. The van der Waals surface area contributed by atoms with E-state index in [0.717, 1.165) is 30.0 Å².